The first-order valence-corrected chi connectivity index (χ1v) is 7.45. The average Bonchev–Trinajstić information content (AvgIpc) is 2.96. The normalized spacial score (nSPS) is 25.6. The SMILES string of the molecule is COc1ccc(C(=O)O)cc1CN1CCOC2CCCC21. The Morgan fingerprint density at radius 2 is 2.33 bits per heavy atom. The second kappa shape index (κ2) is 6.03. The maximum atomic E-state index is 11.2. The zero-order valence-corrected chi connectivity index (χ0v) is 12.2. The average molecular weight is 291 g/mol. The van der Waals surface area contributed by atoms with Gasteiger partial charge >= 0.3 is 5.97 Å². The van der Waals surface area contributed by atoms with Gasteiger partial charge in [0.2, 0.25) is 0 Å². The lowest BCUT2D eigenvalue weighted by Crippen LogP contribution is -2.47. The van der Waals surface area contributed by atoms with Crippen LogP contribution in [0.2, 0.25) is 0 Å². The Balaban J connectivity index is 1.82. The maximum absolute atomic E-state index is 11.2. The molecule has 0 bridgehead atoms. The van der Waals surface area contributed by atoms with Crippen molar-refractivity contribution in [3.05, 3.63) is 29.3 Å². The third kappa shape index (κ3) is 2.89. The van der Waals surface area contributed by atoms with Gasteiger partial charge in [-0.25, -0.2) is 4.79 Å². The molecule has 0 spiro atoms. The molecule has 1 saturated heterocycles. The van der Waals surface area contributed by atoms with Gasteiger partial charge in [0.05, 0.1) is 25.4 Å². The third-order valence-electron chi connectivity index (χ3n) is 4.50. The molecule has 0 radical (unpaired) electrons. The highest BCUT2D eigenvalue weighted by Gasteiger charge is 2.36. The molecule has 1 aromatic carbocycles. The van der Waals surface area contributed by atoms with Crippen LogP contribution >= 0.6 is 0 Å². The summed E-state index contributed by atoms with van der Waals surface area (Å²) in [7, 11) is 1.62. The summed E-state index contributed by atoms with van der Waals surface area (Å²) in [6.07, 6.45) is 3.84. The standard InChI is InChI=1S/C16H21NO4/c1-20-14-6-5-11(16(18)19)9-12(14)10-17-7-8-21-15-4-2-3-13(15)17/h5-6,9,13,15H,2-4,7-8,10H2,1H3,(H,18,19). The number of rotatable bonds is 4. The smallest absolute Gasteiger partial charge is 0.335 e. The molecule has 1 saturated carbocycles. The monoisotopic (exact) mass is 291 g/mol. The van der Waals surface area contributed by atoms with Crippen LogP contribution in [0, 0.1) is 0 Å². The van der Waals surface area contributed by atoms with Gasteiger partial charge in [-0.3, -0.25) is 4.90 Å². The molecule has 2 atom stereocenters. The summed E-state index contributed by atoms with van der Waals surface area (Å²) in [6.45, 7) is 2.36. The number of benzene rings is 1. The van der Waals surface area contributed by atoms with E-state index < -0.39 is 5.97 Å². The summed E-state index contributed by atoms with van der Waals surface area (Å²) in [5, 5.41) is 9.15. The number of hydrogen-bond acceptors (Lipinski definition) is 4. The topological polar surface area (TPSA) is 59.0 Å². The number of nitrogens with zero attached hydrogens (tertiary/aromatic N) is 1. The minimum atomic E-state index is -0.903. The fourth-order valence-corrected chi connectivity index (χ4v) is 3.46. The Hall–Kier alpha value is -1.59. The van der Waals surface area contributed by atoms with Gasteiger partial charge < -0.3 is 14.6 Å². The van der Waals surface area contributed by atoms with Crippen molar-refractivity contribution in [2.24, 2.45) is 0 Å². The summed E-state index contributed by atoms with van der Waals surface area (Å²) < 4.78 is 11.2. The fourth-order valence-electron chi connectivity index (χ4n) is 3.46. The minimum absolute atomic E-state index is 0.307. The first-order valence-electron chi connectivity index (χ1n) is 7.45. The molecule has 5 nitrogen and oxygen atoms in total. The van der Waals surface area contributed by atoms with Crippen LogP contribution < -0.4 is 4.74 Å². The lowest BCUT2D eigenvalue weighted by Gasteiger charge is -2.37. The summed E-state index contributed by atoms with van der Waals surface area (Å²) in [6, 6.07) is 5.51. The van der Waals surface area contributed by atoms with Crippen LogP contribution in [0.15, 0.2) is 18.2 Å². The molecule has 2 aliphatic rings. The van der Waals surface area contributed by atoms with Crippen LogP contribution in [0.4, 0.5) is 0 Å². The highest BCUT2D eigenvalue weighted by molar-refractivity contribution is 5.88. The van der Waals surface area contributed by atoms with E-state index in [0.717, 1.165) is 43.9 Å². The number of ether oxygens (including phenoxy) is 2. The summed E-state index contributed by atoms with van der Waals surface area (Å²) in [4.78, 5) is 13.6. The van der Waals surface area contributed by atoms with Gasteiger partial charge in [-0.1, -0.05) is 0 Å². The lowest BCUT2D eigenvalue weighted by molar-refractivity contribution is -0.0590. The second-order valence-corrected chi connectivity index (χ2v) is 5.71. The largest absolute Gasteiger partial charge is 0.496 e. The van der Waals surface area contributed by atoms with Crippen molar-refractivity contribution >= 4 is 5.97 Å². The molecule has 3 rings (SSSR count). The van der Waals surface area contributed by atoms with Crippen molar-refractivity contribution in [3.8, 4) is 5.75 Å². The number of fused-ring (bicyclic) bond motifs is 1. The van der Waals surface area contributed by atoms with E-state index >= 15 is 0 Å². The van der Waals surface area contributed by atoms with Crippen molar-refractivity contribution in [1.29, 1.82) is 0 Å². The number of morpholine rings is 1. The number of aromatic carboxylic acids is 1. The quantitative estimate of drug-likeness (QED) is 0.921. The summed E-state index contributed by atoms with van der Waals surface area (Å²) >= 11 is 0. The minimum Gasteiger partial charge on any atom is -0.496 e. The van der Waals surface area contributed by atoms with Crippen LogP contribution in [0.3, 0.4) is 0 Å². The Bertz CT molecular complexity index is 531. The molecular formula is C16H21NO4. The number of carbonyl (C=O) groups is 1. The third-order valence-corrected chi connectivity index (χ3v) is 4.50. The number of carboxylic acids is 1. The summed E-state index contributed by atoms with van der Waals surface area (Å²) in [5.41, 5.74) is 1.24. The Morgan fingerprint density at radius 3 is 3.10 bits per heavy atom. The van der Waals surface area contributed by atoms with Gasteiger partial charge in [0.15, 0.2) is 0 Å². The van der Waals surface area contributed by atoms with E-state index in [9.17, 15) is 4.79 Å². The zero-order chi connectivity index (χ0) is 14.8. The molecule has 2 fully saturated rings. The van der Waals surface area contributed by atoms with E-state index in [1.807, 2.05) is 0 Å². The molecule has 0 aromatic heterocycles. The molecule has 1 heterocycles. The van der Waals surface area contributed by atoms with Gasteiger partial charge in [0.25, 0.3) is 0 Å². The Morgan fingerprint density at radius 1 is 1.48 bits per heavy atom. The molecule has 0 amide bonds. The Labute approximate surface area is 124 Å². The number of carboxylic acid groups (broad SMARTS) is 1. The maximum Gasteiger partial charge on any atom is 0.335 e. The van der Waals surface area contributed by atoms with E-state index in [2.05, 4.69) is 4.90 Å². The van der Waals surface area contributed by atoms with Crippen molar-refractivity contribution in [2.45, 2.75) is 38.0 Å². The molecule has 1 aromatic rings. The second-order valence-electron chi connectivity index (χ2n) is 5.71. The predicted octanol–water partition coefficient (Wildman–Crippen LogP) is 2.15. The van der Waals surface area contributed by atoms with Crippen LogP contribution in [0.5, 0.6) is 5.75 Å². The van der Waals surface area contributed by atoms with Crippen LogP contribution in [-0.4, -0.2) is 48.4 Å². The lowest BCUT2D eigenvalue weighted by atomic mass is 10.1. The van der Waals surface area contributed by atoms with Crippen LogP contribution in [0.25, 0.3) is 0 Å². The highest BCUT2D eigenvalue weighted by Crippen LogP contribution is 2.32. The van der Waals surface area contributed by atoms with E-state index in [4.69, 9.17) is 14.6 Å². The summed E-state index contributed by atoms with van der Waals surface area (Å²) in [5.74, 6) is -0.152. The molecule has 114 valence electrons. The fraction of sp³-hybridized carbons (Fsp3) is 0.562. The molecule has 1 N–H and O–H groups in total. The predicted molar refractivity (Wildman–Crippen MR) is 77.7 cm³/mol. The van der Waals surface area contributed by atoms with Crippen molar-refractivity contribution in [2.75, 3.05) is 20.3 Å². The highest BCUT2D eigenvalue weighted by atomic mass is 16.5. The van der Waals surface area contributed by atoms with E-state index in [0.29, 0.717) is 17.7 Å². The van der Waals surface area contributed by atoms with Crippen molar-refractivity contribution in [1.82, 2.24) is 4.90 Å². The van der Waals surface area contributed by atoms with Crippen molar-refractivity contribution in [3.63, 3.8) is 0 Å². The van der Waals surface area contributed by atoms with Crippen molar-refractivity contribution < 1.29 is 19.4 Å². The van der Waals surface area contributed by atoms with Crippen LogP contribution in [0.1, 0.15) is 35.2 Å². The van der Waals surface area contributed by atoms with E-state index in [-0.39, 0.29) is 0 Å². The van der Waals surface area contributed by atoms with Crippen LogP contribution in [-0.2, 0) is 11.3 Å². The van der Waals surface area contributed by atoms with Gasteiger partial charge in [-0.2, -0.15) is 0 Å². The Kier molecular flexibility index (Phi) is 4.12. The number of methoxy groups -OCH3 is 1. The van der Waals surface area contributed by atoms with E-state index in [1.165, 1.54) is 6.42 Å². The zero-order valence-electron chi connectivity index (χ0n) is 12.2. The van der Waals surface area contributed by atoms with Gasteiger partial charge in [-0.05, 0) is 37.5 Å². The number of hydrogen-bond donors (Lipinski definition) is 1. The molecule has 1 aliphatic heterocycles. The van der Waals surface area contributed by atoms with E-state index in [1.54, 1.807) is 25.3 Å². The molecular weight excluding hydrogens is 270 g/mol. The first kappa shape index (κ1) is 14.4. The van der Waals surface area contributed by atoms with Gasteiger partial charge in [-0.15, -0.1) is 0 Å². The molecule has 21 heavy (non-hydrogen) atoms. The van der Waals surface area contributed by atoms with Gasteiger partial charge in [0.1, 0.15) is 5.75 Å². The molecule has 5 heteroatoms. The first-order chi connectivity index (χ1) is 10.2. The molecule has 2 unspecified atom stereocenters. The van der Waals surface area contributed by atoms with Gasteiger partial charge in [0, 0.05) is 24.7 Å². The molecule has 1 aliphatic carbocycles.